The summed E-state index contributed by atoms with van der Waals surface area (Å²) in [4.78, 5) is 24.9. The Morgan fingerprint density at radius 2 is 1.56 bits per heavy atom. The van der Waals surface area contributed by atoms with Gasteiger partial charge in [-0.25, -0.2) is 9.18 Å². The van der Waals surface area contributed by atoms with E-state index in [0.29, 0.717) is 22.8 Å². The smallest absolute Gasteiger partial charge is 0.408 e. The van der Waals surface area contributed by atoms with Crippen molar-refractivity contribution in [2.75, 3.05) is 0 Å². The molecule has 0 unspecified atom stereocenters. The lowest BCUT2D eigenvalue weighted by molar-refractivity contribution is -0.153. The van der Waals surface area contributed by atoms with E-state index in [0.717, 1.165) is 28.7 Å². The summed E-state index contributed by atoms with van der Waals surface area (Å²) in [7, 11) is 0. The van der Waals surface area contributed by atoms with Crippen molar-refractivity contribution >= 4 is 12.1 Å². The van der Waals surface area contributed by atoms with Crippen LogP contribution in [0.15, 0.2) is 60.7 Å². The third kappa shape index (κ3) is 10.3. The molecule has 45 heavy (non-hydrogen) atoms. The number of nitrogens with one attached hydrogen (secondary N) is 1. The molecular formula is C38H48FNO5. The Morgan fingerprint density at radius 3 is 2.24 bits per heavy atom. The number of alkyl carbamates (subject to hydrolysis) is 1. The number of esters is 1. The minimum Gasteiger partial charge on any atom is -0.489 e. The maximum absolute atomic E-state index is 16.1. The number of para-hydroxylation sites is 1. The minimum atomic E-state index is -0.654. The number of hydrogen-bond acceptors (Lipinski definition) is 5. The third-order valence-electron chi connectivity index (χ3n) is 7.71. The molecule has 1 atom stereocenters. The van der Waals surface area contributed by atoms with Crippen molar-refractivity contribution in [2.45, 2.75) is 111 Å². The Kier molecular flexibility index (Phi) is 10.9. The molecule has 242 valence electrons. The van der Waals surface area contributed by atoms with E-state index in [2.05, 4.69) is 17.4 Å². The second-order valence-electron chi connectivity index (χ2n) is 14.1. The lowest BCUT2D eigenvalue weighted by Crippen LogP contribution is -2.34. The van der Waals surface area contributed by atoms with Crippen LogP contribution in [0.5, 0.6) is 5.75 Å². The molecule has 7 heteroatoms. The van der Waals surface area contributed by atoms with Gasteiger partial charge in [-0.2, -0.15) is 0 Å². The largest absolute Gasteiger partial charge is 0.489 e. The Morgan fingerprint density at radius 1 is 0.889 bits per heavy atom. The van der Waals surface area contributed by atoms with Gasteiger partial charge in [0.1, 0.15) is 29.4 Å². The monoisotopic (exact) mass is 617 g/mol. The molecule has 1 N–H and O–H groups in total. The molecule has 3 aromatic carbocycles. The zero-order chi connectivity index (χ0) is 32.8. The third-order valence-corrected chi connectivity index (χ3v) is 7.71. The fourth-order valence-electron chi connectivity index (χ4n) is 5.82. The molecule has 1 saturated carbocycles. The van der Waals surface area contributed by atoms with Crippen molar-refractivity contribution in [1.29, 1.82) is 0 Å². The predicted molar refractivity (Wildman–Crippen MR) is 176 cm³/mol. The van der Waals surface area contributed by atoms with Crippen LogP contribution in [0.3, 0.4) is 0 Å². The highest BCUT2D eigenvalue weighted by molar-refractivity contribution is 5.74. The molecule has 1 aliphatic rings. The van der Waals surface area contributed by atoms with Gasteiger partial charge in [0.2, 0.25) is 0 Å². The van der Waals surface area contributed by atoms with Gasteiger partial charge in [-0.3, -0.25) is 4.79 Å². The van der Waals surface area contributed by atoms with Gasteiger partial charge < -0.3 is 19.5 Å². The van der Waals surface area contributed by atoms with Gasteiger partial charge in [0.15, 0.2) is 0 Å². The van der Waals surface area contributed by atoms with Crippen molar-refractivity contribution < 1.29 is 28.2 Å². The summed E-state index contributed by atoms with van der Waals surface area (Å²) < 4.78 is 33.3. The van der Waals surface area contributed by atoms with Crippen molar-refractivity contribution in [3.63, 3.8) is 0 Å². The molecule has 0 saturated heterocycles. The summed E-state index contributed by atoms with van der Waals surface area (Å²) in [6, 6.07) is 18.3. The zero-order valence-corrected chi connectivity index (χ0v) is 27.8. The average molecular weight is 618 g/mol. The molecule has 0 radical (unpaired) electrons. The fraction of sp³-hybridized carbons (Fsp3) is 0.474. The first kappa shape index (κ1) is 34.0. The normalized spacial score (nSPS) is 14.6. The van der Waals surface area contributed by atoms with E-state index in [1.165, 1.54) is 25.7 Å². The van der Waals surface area contributed by atoms with Crippen molar-refractivity contribution in [3.8, 4) is 16.9 Å². The van der Waals surface area contributed by atoms with Crippen molar-refractivity contribution in [1.82, 2.24) is 5.32 Å². The van der Waals surface area contributed by atoms with Gasteiger partial charge in [0.25, 0.3) is 0 Å². The molecule has 0 bridgehead atoms. The van der Waals surface area contributed by atoms with Crippen LogP contribution in [-0.4, -0.2) is 23.3 Å². The number of halogens is 1. The van der Waals surface area contributed by atoms with Crippen LogP contribution in [0, 0.1) is 11.7 Å². The van der Waals surface area contributed by atoms with Crippen LogP contribution < -0.4 is 10.1 Å². The summed E-state index contributed by atoms with van der Waals surface area (Å²) in [5.74, 6) is 0.526. The van der Waals surface area contributed by atoms with Crippen LogP contribution in [0.4, 0.5) is 9.18 Å². The highest BCUT2D eigenvalue weighted by Crippen LogP contribution is 2.33. The van der Waals surface area contributed by atoms with Gasteiger partial charge in [-0.1, -0.05) is 74.2 Å². The molecule has 1 fully saturated rings. The van der Waals surface area contributed by atoms with E-state index < -0.39 is 23.3 Å². The van der Waals surface area contributed by atoms with Crippen LogP contribution in [-0.2, 0) is 33.7 Å². The Labute approximate surface area is 267 Å². The number of ether oxygens (including phenoxy) is 3. The maximum Gasteiger partial charge on any atom is 0.408 e. The Bertz CT molecular complexity index is 1480. The van der Waals surface area contributed by atoms with E-state index in [4.69, 9.17) is 14.2 Å². The van der Waals surface area contributed by atoms with Gasteiger partial charge in [0, 0.05) is 16.7 Å². The molecule has 1 aliphatic carbocycles. The van der Waals surface area contributed by atoms with Crippen molar-refractivity contribution in [2.24, 2.45) is 5.92 Å². The first-order valence-electron chi connectivity index (χ1n) is 16.0. The first-order valence-corrected chi connectivity index (χ1v) is 16.0. The number of rotatable bonds is 10. The van der Waals surface area contributed by atoms with Crippen LogP contribution in [0.25, 0.3) is 11.1 Å². The van der Waals surface area contributed by atoms with E-state index in [-0.39, 0.29) is 24.8 Å². The Balaban J connectivity index is 1.60. The quantitative estimate of drug-likeness (QED) is 0.230. The summed E-state index contributed by atoms with van der Waals surface area (Å²) in [6.45, 7) is 12.9. The van der Waals surface area contributed by atoms with E-state index in [9.17, 15) is 9.59 Å². The number of benzene rings is 3. The number of carbonyl (C=O) groups excluding carboxylic acids is 2. The molecule has 6 nitrogen and oxygen atoms in total. The maximum atomic E-state index is 16.1. The van der Waals surface area contributed by atoms with Gasteiger partial charge >= 0.3 is 12.1 Å². The second-order valence-corrected chi connectivity index (χ2v) is 14.1. The molecule has 0 spiro atoms. The zero-order valence-electron chi connectivity index (χ0n) is 27.8. The van der Waals surface area contributed by atoms with Gasteiger partial charge in [-0.15, -0.1) is 0 Å². The summed E-state index contributed by atoms with van der Waals surface area (Å²) >= 11 is 0. The lowest BCUT2D eigenvalue weighted by Gasteiger charge is -2.22. The van der Waals surface area contributed by atoms with Crippen LogP contribution in [0.1, 0.15) is 102 Å². The average Bonchev–Trinajstić information content (AvgIpc) is 3.43. The molecule has 0 heterocycles. The number of carbonyl (C=O) groups is 2. The summed E-state index contributed by atoms with van der Waals surface area (Å²) in [5.41, 5.74) is 3.19. The molecule has 4 rings (SSSR count). The fourth-order valence-corrected chi connectivity index (χ4v) is 5.82. The van der Waals surface area contributed by atoms with Crippen LogP contribution >= 0.6 is 0 Å². The van der Waals surface area contributed by atoms with E-state index in [1.54, 1.807) is 39.8 Å². The van der Waals surface area contributed by atoms with E-state index in [1.807, 2.05) is 57.2 Å². The first-order chi connectivity index (χ1) is 21.2. The highest BCUT2D eigenvalue weighted by atomic mass is 19.1. The summed E-state index contributed by atoms with van der Waals surface area (Å²) in [5, 5.41) is 2.76. The number of amides is 1. The minimum absolute atomic E-state index is 0.105. The molecule has 0 aromatic heterocycles. The molecular weight excluding hydrogens is 569 g/mol. The second kappa shape index (κ2) is 14.5. The van der Waals surface area contributed by atoms with Gasteiger partial charge in [-0.05, 0) is 89.6 Å². The SMILES string of the molecule is C[C@@H](NC(=O)OC(C)(C)C)c1cccc(-c2cc(COc3ccccc3CC(=O)OC(C)(C)C)cc(CC3CCCC3)c2)c1F. The summed E-state index contributed by atoms with van der Waals surface area (Å²) in [6.07, 6.45) is 5.33. The lowest BCUT2D eigenvalue weighted by atomic mass is 9.92. The number of hydrogen-bond donors (Lipinski definition) is 1. The standard InChI is InChI=1S/C38H48FNO5/c1-25(40-36(42)45-38(5,6)7)31-16-12-17-32(35(31)39)30-21-27(19-26-13-8-9-14-26)20-28(22-30)24-43-33-18-11-10-15-29(33)23-34(41)44-37(2,3)4/h10-12,15-18,20-22,25-26H,8-9,13-14,19,23-24H2,1-7H3,(H,40,42)/t25-/m1/s1. The van der Waals surface area contributed by atoms with Crippen molar-refractivity contribution in [3.05, 3.63) is 88.7 Å². The predicted octanol–water partition coefficient (Wildman–Crippen LogP) is 9.27. The molecule has 1 amide bonds. The highest BCUT2D eigenvalue weighted by Gasteiger charge is 2.23. The topological polar surface area (TPSA) is 73.9 Å². The van der Waals surface area contributed by atoms with E-state index >= 15 is 4.39 Å². The Hall–Kier alpha value is -3.87. The van der Waals surface area contributed by atoms with Gasteiger partial charge in [0.05, 0.1) is 12.5 Å². The van der Waals surface area contributed by atoms with Crippen LogP contribution in [0.2, 0.25) is 0 Å². The molecule has 3 aromatic rings. The molecule has 0 aliphatic heterocycles.